The first-order valence-corrected chi connectivity index (χ1v) is 7.92. The van der Waals surface area contributed by atoms with E-state index in [-0.39, 0.29) is 11.7 Å². The van der Waals surface area contributed by atoms with Crippen molar-refractivity contribution in [2.75, 3.05) is 6.61 Å². The molecule has 0 aliphatic heterocycles. The number of hydrogen-bond acceptors (Lipinski definition) is 2. The van der Waals surface area contributed by atoms with E-state index in [0.29, 0.717) is 31.2 Å². The SMILES string of the molecule is Cc1ccc(OCC(F)(F)C(F)(F)F)c(C2CCC(C(=O)O)CC2)c1. The van der Waals surface area contributed by atoms with Crippen molar-refractivity contribution >= 4 is 5.97 Å². The molecule has 3 nitrogen and oxygen atoms in total. The fourth-order valence-corrected chi connectivity index (χ4v) is 3.02. The number of aryl methyl sites for hydroxylation is 1. The number of carbonyl (C=O) groups is 1. The summed E-state index contributed by atoms with van der Waals surface area (Å²) in [7, 11) is 0. The van der Waals surface area contributed by atoms with E-state index >= 15 is 0 Å². The summed E-state index contributed by atoms with van der Waals surface area (Å²) < 4.78 is 67.9. The lowest BCUT2D eigenvalue weighted by Crippen LogP contribution is -2.41. The fraction of sp³-hybridized carbons (Fsp3) is 0.588. The van der Waals surface area contributed by atoms with Gasteiger partial charge in [-0.1, -0.05) is 17.7 Å². The van der Waals surface area contributed by atoms with Gasteiger partial charge in [0, 0.05) is 0 Å². The van der Waals surface area contributed by atoms with Gasteiger partial charge in [-0.2, -0.15) is 22.0 Å². The summed E-state index contributed by atoms with van der Waals surface area (Å²) in [6.45, 7) is -0.00247. The minimum absolute atomic E-state index is 0.00620. The van der Waals surface area contributed by atoms with Crippen LogP contribution in [0.1, 0.15) is 42.7 Å². The molecule has 1 aromatic rings. The van der Waals surface area contributed by atoms with E-state index in [4.69, 9.17) is 9.84 Å². The van der Waals surface area contributed by atoms with Gasteiger partial charge in [0.2, 0.25) is 0 Å². The maximum absolute atomic E-state index is 13.1. The summed E-state index contributed by atoms with van der Waals surface area (Å²) in [6, 6.07) is 4.67. The van der Waals surface area contributed by atoms with Crippen LogP contribution in [0, 0.1) is 12.8 Å². The molecule has 0 amide bonds. The highest BCUT2D eigenvalue weighted by Crippen LogP contribution is 2.41. The Bertz CT molecular complexity index is 619. The van der Waals surface area contributed by atoms with E-state index < -0.39 is 30.6 Å². The van der Waals surface area contributed by atoms with Gasteiger partial charge in [0.05, 0.1) is 5.92 Å². The fourth-order valence-electron chi connectivity index (χ4n) is 3.02. The van der Waals surface area contributed by atoms with E-state index in [1.165, 1.54) is 6.07 Å². The number of rotatable bonds is 5. The van der Waals surface area contributed by atoms with Crippen molar-refractivity contribution < 1.29 is 36.6 Å². The molecule has 2 rings (SSSR count). The van der Waals surface area contributed by atoms with E-state index in [0.717, 1.165) is 5.56 Å². The molecule has 140 valence electrons. The third-order valence-corrected chi connectivity index (χ3v) is 4.51. The minimum atomic E-state index is -5.67. The Balaban J connectivity index is 2.14. The molecule has 1 fully saturated rings. The van der Waals surface area contributed by atoms with Crippen LogP contribution in [0.2, 0.25) is 0 Å². The zero-order valence-corrected chi connectivity index (χ0v) is 13.6. The molecule has 0 unspecified atom stereocenters. The summed E-state index contributed by atoms with van der Waals surface area (Å²) in [5, 5.41) is 9.03. The Morgan fingerprint density at radius 2 is 1.76 bits per heavy atom. The molecule has 0 aromatic heterocycles. The Kier molecular flexibility index (Phi) is 5.58. The van der Waals surface area contributed by atoms with Crippen LogP contribution in [0.25, 0.3) is 0 Å². The van der Waals surface area contributed by atoms with Gasteiger partial charge in [-0.05, 0) is 50.2 Å². The molecule has 0 saturated heterocycles. The summed E-state index contributed by atoms with van der Waals surface area (Å²) in [5.41, 5.74) is 1.38. The van der Waals surface area contributed by atoms with Crippen LogP contribution in [0.5, 0.6) is 5.75 Å². The number of hydrogen-bond donors (Lipinski definition) is 1. The molecule has 8 heteroatoms. The Morgan fingerprint density at radius 3 is 2.28 bits per heavy atom. The maximum atomic E-state index is 13.1. The van der Waals surface area contributed by atoms with Crippen LogP contribution in [-0.2, 0) is 4.79 Å². The van der Waals surface area contributed by atoms with Gasteiger partial charge in [-0.15, -0.1) is 0 Å². The van der Waals surface area contributed by atoms with Crippen LogP contribution in [0.4, 0.5) is 22.0 Å². The molecule has 0 radical (unpaired) electrons. The quantitative estimate of drug-likeness (QED) is 0.752. The molecular weight excluding hydrogens is 347 g/mol. The first-order chi connectivity index (χ1) is 11.5. The van der Waals surface area contributed by atoms with Crippen LogP contribution >= 0.6 is 0 Å². The van der Waals surface area contributed by atoms with Gasteiger partial charge in [-0.3, -0.25) is 4.79 Å². The predicted molar refractivity (Wildman–Crippen MR) is 80.0 cm³/mol. The molecule has 1 aromatic carbocycles. The van der Waals surface area contributed by atoms with Crippen molar-refractivity contribution in [3.05, 3.63) is 29.3 Å². The molecule has 0 bridgehead atoms. The lowest BCUT2D eigenvalue weighted by atomic mass is 9.78. The predicted octanol–water partition coefficient (Wildman–Crippen LogP) is 4.93. The number of aliphatic carboxylic acids is 1. The Hall–Kier alpha value is -1.86. The summed E-state index contributed by atoms with van der Waals surface area (Å²) >= 11 is 0. The Labute approximate surface area is 141 Å². The maximum Gasteiger partial charge on any atom is 0.456 e. The standard InChI is InChI=1S/C17H19F5O3/c1-10-2-7-14(25-9-16(18,19)17(20,21)22)13(8-10)11-3-5-12(6-4-11)15(23)24/h2,7-8,11-12H,3-6,9H2,1H3,(H,23,24). The van der Waals surface area contributed by atoms with Crippen LogP contribution in [0.3, 0.4) is 0 Å². The van der Waals surface area contributed by atoms with Crippen molar-refractivity contribution in [3.63, 3.8) is 0 Å². The topological polar surface area (TPSA) is 46.5 Å². The van der Waals surface area contributed by atoms with Crippen molar-refractivity contribution in [1.29, 1.82) is 0 Å². The van der Waals surface area contributed by atoms with E-state index in [1.807, 2.05) is 0 Å². The second kappa shape index (κ2) is 7.17. The minimum Gasteiger partial charge on any atom is -0.487 e. The second-order valence-electron chi connectivity index (χ2n) is 6.42. The number of carboxylic acids is 1. The van der Waals surface area contributed by atoms with E-state index in [1.54, 1.807) is 19.1 Å². The number of halogens is 5. The second-order valence-corrected chi connectivity index (χ2v) is 6.42. The highest BCUT2D eigenvalue weighted by Gasteiger charge is 2.58. The van der Waals surface area contributed by atoms with Crippen LogP contribution < -0.4 is 4.74 Å². The highest BCUT2D eigenvalue weighted by molar-refractivity contribution is 5.70. The average molecular weight is 366 g/mol. The molecular formula is C17H19F5O3. The molecule has 1 aliphatic carbocycles. The lowest BCUT2D eigenvalue weighted by Gasteiger charge is -2.28. The third-order valence-electron chi connectivity index (χ3n) is 4.51. The van der Waals surface area contributed by atoms with Gasteiger partial charge >= 0.3 is 18.1 Å². The van der Waals surface area contributed by atoms with Crippen LogP contribution in [-0.4, -0.2) is 29.8 Å². The summed E-state index contributed by atoms with van der Waals surface area (Å²) in [4.78, 5) is 11.0. The van der Waals surface area contributed by atoms with Crippen LogP contribution in [0.15, 0.2) is 18.2 Å². The number of carboxylic acid groups (broad SMARTS) is 1. The molecule has 1 saturated carbocycles. The summed E-state index contributed by atoms with van der Waals surface area (Å²) in [5.74, 6) is -6.38. The zero-order valence-electron chi connectivity index (χ0n) is 13.6. The zero-order chi connectivity index (χ0) is 18.8. The van der Waals surface area contributed by atoms with E-state index in [2.05, 4.69) is 0 Å². The largest absolute Gasteiger partial charge is 0.487 e. The van der Waals surface area contributed by atoms with Crippen molar-refractivity contribution in [3.8, 4) is 5.75 Å². The number of ether oxygens (including phenoxy) is 1. The van der Waals surface area contributed by atoms with Crippen molar-refractivity contribution in [1.82, 2.24) is 0 Å². The molecule has 0 spiro atoms. The number of alkyl halides is 5. The summed E-state index contributed by atoms with van der Waals surface area (Å²) in [6.07, 6.45) is -3.76. The molecule has 0 heterocycles. The molecule has 0 atom stereocenters. The van der Waals surface area contributed by atoms with Crippen molar-refractivity contribution in [2.45, 2.75) is 50.6 Å². The monoisotopic (exact) mass is 366 g/mol. The van der Waals surface area contributed by atoms with Gasteiger partial charge < -0.3 is 9.84 Å². The van der Waals surface area contributed by atoms with Gasteiger partial charge in [0.15, 0.2) is 6.61 Å². The smallest absolute Gasteiger partial charge is 0.456 e. The normalized spacial score (nSPS) is 21.8. The van der Waals surface area contributed by atoms with Gasteiger partial charge in [0.1, 0.15) is 5.75 Å². The lowest BCUT2D eigenvalue weighted by molar-refractivity contribution is -0.290. The van der Waals surface area contributed by atoms with Crippen molar-refractivity contribution in [2.24, 2.45) is 5.92 Å². The molecule has 1 N–H and O–H groups in total. The highest BCUT2D eigenvalue weighted by atomic mass is 19.4. The first kappa shape index (κ1) is 19.5. The van der Waals surface area contributed by atoms with Gasteiger partial charge in [-0.25, -0.2) is 0 Å². The number of benzene rings is 1. The van der Waals surface area contributed by atoms with E-state index in [9.17, 15) is 26.7 Å². The third kappa shape index (κ3) is 4.61. The Morgan fingerprint density at radius 1 is 1.16 bits per heavy atom. The molecule has 25 heavy (non-hydrogen) atoms. The first-order valence-electron chi connectivity index (χ1n) is 7.92. The average Bonchev–Trinajstić information content (AvgIpc) is 2.52. The van der Waals surface area contributed by atoms with Gasteiger partial charge in [0.25, 0.3) is 0 Å². The molecule has 1 aliphatic rings.